The number of carbonyl (C=O) groups is 1. The number of rotatable bonds is 7. The van der Waals surface area contributed by atoms with Gasteiger partial charge < -0.3 is 0 Å². The van der Waals surface area contributed by atoms with Crippen molar-refractivity contribution in [1.29, 1.82) is 0 Å². The summed E-state index contributed by atoms with van der Waals surface area (Å²) < 4.78 is 0. The molecule has 0 spiro atoms. The van der Waals surface area contributed by atoms with Gasteiger partial charge in [0.25, 0.3) is 0 Å². The smallest absolute Gasteiger partial charge is 0.135 e. The van der Waals surface area contributed by atoms with Crippen molar-refractivity contribution in [1.82, 2.24) is 0 Å². The molecule has 2 aliphatic carbocycles. The van der Waals surface area contributed by atoms with Crippen LogP contribution in [0.5, 0.6) is 0 Å². The lowest BCUT2D eigenvalue weighted by Crippen LogP contribution is -2.12. The minimum Gasteiger partial charge on any atom is -0.299 e. The molecule has 0 N–H and O–H groups in total. The van der Waals surface area contributed by atoms with Crippen LogP contribution in [0.2, 0.25) is 0 Å². The average Bonchev–Trinajstić information content (AvgIpc) is 2.85. The maximum atomic E-state index is 11.8. The fourth-order valence-electron chi connectivity index (χ4n) is 3.08. The first-order chi connectivity index (χ1) is 7.31. The Labute approximate surface area is 93.6 Å². The standard InChI is InChI=1S/C14H24O/c1-2-3-4-5-6-7-14(15)13-9-11-8-12(11)10-13/h11-13H,2-10H2,1H3. The van der Waals surface area contributed by atoms with Crippen LogP contribution in [-0.4, -0.2) is 5.78 Å². The molecule has 0 aromatic heterocycles. The Hall–Kier alpha value is -0.330. The summed E-state index contributed by atoms with van der Waals surface area (Å²) in [4.78, 5) is 11.8. The van der Waals surface area contributed by atoms with Crippen LogP contribution < -0.4 is 0 Å². The molecule has 0 aliphatic heterocycles. The van der Waals surface area contributed by atoms with Crippen LogP contribution in [0.1, 0.15) is 64.7 Å². The summed E-state index contributed by atoms with van der Waals surface area (Å²) in [5, 5.41) is 0. The van der Waals surface area contributed by atoms with E-state index in [2.05, 4.69) is 6.92 Å². The van der Waals surface area contributed by atoms with Crippen molar-refractivity contribution in [2.75, 3.05) is 0 Å². The average molecular weight is 208 g/mol. The second kappa shape index (κ2) is 5.14. The van der Waals surface area contributed by atoms with Gasteiger partial charge in [-0.2, -0.15) is 0 Å². The van der Waals surface area contributed by atoms with Crippen LogP contribution >= 0.6 is 0 Å². The first kappa shape index (κ1) is 11.2. The number of hydrogen-bond donors (Lipinski definition) is 0. The number of ketones is 1. The van der Waals surface area contributed by atoms with Gasteiger partial charge in [0.1, 0.15) is 5.78 Å². The molecule has 15 heavy (non-hydrogen) atoms. The molecule has 0 radical (unpaired) electrons. The van der Waals surface area contributed by atoms with Crippen LogP contribution in [-0.2, 0) is 4.79 Å². The Kier molecular flexibility index (Phi) is 3.82. The zero-order chi connectivity index (χ0) is 10.7. The number of fused-ring (bicyclic) bond motifs is 1. The second-order valence-corrected chi connectivity index (χ2v) is 5.55. The third-order valence-electron chi connectivity index (χ3n) is 4.23. The van der Waals surface area contributed by atoms with E-state index in [1.54, 1.807) is 0 Å². The summed E-state index contributed by atoms with van der Waals surface area (Å²) in [5.74, 6) is 2.97. The summed E-state index contributed by atoms with van der Waals surface area (Å²) >= 11 is 0. The highest BCUT2D eigenvalue weighted by Crippen LogP contribution is 2.54. The molecular formula is C14H24O. The van der Waals surface area contributed by atoms with Crippen molar-refractivity contribution in [2.24, 2.45) is 17.8 Å². The Balaban J connectivity index is 1.53. The van der Waals surface area contributed by atoms with Gasteiger partial charge in [-0.3, -0.25) is 4.79 Å². The summed E-state index contributed by atoms with van der Waals surface area (Å²) in [6, 6.07) is 0. The maximum Gasteiger partial charge on any atom is 0.135 e. The van der Waals surface area contributed by atoms with Gasteiger partial charge in [0.15, 0.2) is 0 Å². The van der Waals surface area contributed by atoms with E-state index < -0.39 is 0 Å². The molecular weight excluding hydrogens is 184 g/mol. The van der Waals surface area contributed by atoms with Crippen LogP contribution in [0, 0.1) is 17.8 Å². The molecule has 86 valence electrons. The molecule has 2 atom stereocenters. The lowest BCUT2D eigenvalue weighted by atomic mass is 9.94. The molecule has 0 saturated heterocycles. The van der Waals surface area contributed by atoms with Crippen molar-refractivity contribution in [3.05, 3.63) is 0 Å². The van der Waals surface area contributed by atoms with Crippen LogP contribution in [0.25, 0.3) is 0 Å². The van der Waals surface area contributed by atoms with Gasteiger partial charge in [0.2, 0.25) is 0 Å². The third-order valence-corrected chi connectivity index (χ3v) is 4.23. The molecule has 2 fully saturated rings. The molecule has 2 aliphatic rings. The summed E-state index contributed by atoms with van der Waals surface area (Å²) in [5.41, 5.74) is 0. The Bertz CT molecular complexity index is 211. The second-order valence-electron chi connectivity index (χ2n) is 5.55. The van der Waals surface area contributed by atoms with Crippen molar-refractivity contribution >= 4 is 5.78 Å². The molecule has 0 aromatic rings. The fourth-order valence-corrected chi connectivity index (χ4v) is 3.08. The van der Waals surface area contributed by atoms with E-state index in [-0.39, 0.29) is 0 Å². The molecule has 2 saturated carbocycles. The zero-order valence-corrected chi connectivity index (χ0v) is 10.0. The highest BCUT2D eigenvalue weighted by atomic mass is 16.1. The van der Waals surface area contributed by atoms with E-state index in [1.165, 1.54) is 44.9 Å². The Morgan fingerprint density at radius 1 is 1.00 bits per heavy atom. The minimum atomic E-state index is 0.472. The van der Waals surface area contributed by atoms with E-state index in [0.29, 0.717) is 11.7 Å². The highest BCUT2D eigenvalue weighted by Gasteiger charge is 2.47. The normalized spacial score (nSPS) is 32.7. The molecule has 1 heteroatoms. The molecule has 0 bridgehead atoms. The topological polar surface area (TPSA) is 17.1 Å². The van der Waals surface area contributed by atoms with Crippen LogP contribution in [0.3, 0.4) is 0 Å². The lowest BCUT2D eigenvalue weighted by molar-refractivity contribution is -0.123. The summed E-state index contributed by atoms with van der Waals surface area (Å²) in [6.07, 6.45) is 11.1. The van der Waals surface area contributed by atoms with E-state index in [1.807, 2.05) is 0 Å². The van der Waals surface area contributed by atoms with Gasteiger partial charge in [-0.1, -0.05) is 32.6 Å². The molecule has 0 heterocycles. The summed E-state index contributed by atoms with van der Waals surface area (Å²) in [7, 11) is 0. The number of unbranched alkanes of at least 4 members (excludes halogenated alkanes) is 4. The van der Waals surface area contributed by atoms with Gasteiger partial charge in [-0.05, 0) is 37.5 Å². The van der Waals surface area contributed by atoms with Gasteiger partial charge in [0.05, 0.1) is 0 Å². The van der Waals surface area contributed by atoms with E-state index in [9.17, 15) is 4.79 Å². The van der Waals surface area contributed by atoms with Crippen molar-refractivity contribution in [3.8, 4) is 0 Å². The number of carbonyl (C=O) groups excluding carboxylic acids is 1. The van der Waals surface area contributed by atoms with Gasteiger partial charge in [-0.25, -0.2) is 0 Å². The minimum absolute atomic E-state index is 0.472. The van der Waals surface area contributed by atoms with E-state index in [0.717, 1.165) is 24.7 Å². The van der Waals surface area contributed by atoms with E-state index >= 15 is 0 Å². The van der Waals surface area contributed by atoms with Crippen molar-refractivity contribution < 1.29 is 4.79 Å². The van der Waals surface area contributed by atoms with E-state index in [4.69, 9.17) is 0 Å². The quantitative estimate of drug-likeness (QED) is 0.579. The number of hydrogen-bond acceptors (Lipinski definition) is 1. The Morgan fingerprint density at radius 2 is 1.67 bits per heavy atom. The monoisotopic (exact) mass is 208 g/mol. The van der Waals surface area contributed by atoms with Gasteiger partial charge in [0, 0.05) is 12.3 Å². The summed E-state index contributed by atoms with van der Waals surface area (Å²) in [6.45, 7) is 2.23. The zero-order valence-electron chi connectivity index (χ0n) is 10.0. The Morgan fingerprint density at radius 3 is 2.33 bits per heavy atom. The van der Waals surface area contributed by atoms with Crippen molar-refractivity contribution in [3.63, 3.8) is 0 Å². The van der Waals surface area contributed by atoms with Gasteiger partial charge in [-0.15, -0.1) is 0 Å². The van der Waals surface area contributed by atoms with Crippen LogP contribution in [0.15, 0.2) is 0 Å². The molecule has 2 unspecified atom stereocenters. The SMILES string of the molecule is CCCCCCCC(=O)C1CC2CC2C1. The van der Waals surface area contributed by atoms with Crippen LogP contribution in [0.4, 0.5) is 0 Å². The molecule has 1 nitrogen and oxygen atoms in total. The first-order valence-corrected chi connectivity index (χ1v) is 6.84. The third kappa shape index (κ3) is 3.06. The number of Topliss-reactive ketones (excluding diaryl/α,β-unsaturated/α-hetero) is 1. The van der Waals surface area contributed by atoms with Crippen molar-refractivity contribution in [2.45, 2.75) is 64.7 Å². The predicted molar refractivity (Wildman–Crippen MR) is 62.7 cm³/mol. The molecule has 0 aromatic carbocycles. The predicted octanol–water partition coefficient (Wildman–Crippen LogP) is 3.96. The largest absolute Gasteiger partial charge is 0.299 e. The molecule has 2 rings (SSSR count). The lowest BCUT2D eigenvalue weighted by Gasteiger charge is -2.09. The highest BCUT2D eigenvalue weighted by molar-refractivity contribution is 5.81. The van der Waals surface area contributed by atoms with Gasteiger partial charge >= 0.3 is 0 Å². The maximum absolute atomic E-state index is 11.8. The first-order valence-electron chi connectivity index (χ1n) is 6.84. The fraction of sp³-hybridized carbons (Fsp3) is 0.929. The molecule has 0 amide bonds.